The van der Waals surface area contributed by atoms with Crippen molar-refractivity contribution in [3.05, 3.63) is 0 Å². The molecule has 0 radical (unpaired) electrons. The van der Waals surface area contributed by atoms with Crippen molar-refractivity contribution in [3.8, 4) is 0 Å². The Bertz CT molecular complexity index is 138. The Balaban J connectivity index is 0. The molecule has 15 heavy (non-hydrogen) atoms. The summed E-state index contributed by atoms with van der Waals surface area (Å²) in [6.07, 6.45) is 11.5. The van der Waals surface area contributed by atoms with Crippen LogP contribution in [0.1, 0.15) is 71.1 Å². The van der Waals surface area contributed by atoms with E-state index in [0.717, 1.165) is 12.8 Å². The standard InChI is InChI=1S/C12H24O2.Zn/c1-2-3-4-5-6-7-8-9-10-11-12(13)14;/h2-11H2,1H3,(H,13,14);. The monoisotopic (exact) mass is 264 g/mol. The van der Waals surface area contributed by atoms with Gasteiger partial charge in [0.25, 0.3) is 0 Å². The van der Waals surface area contributed by atoms with E-state index in [1.165, 1.54) is 44.9 Å². The van der Waals surface area contributed by atoms with Gasteiger partial charge in [0.2, 0.25) is 0 Å². The Kier molecular flexibility index (Phi) is 16.4. The number of carboxylic acids is 1. The minimum Gasteiger partial charge on any atom is -0.481 e. The zero-order chi connectivity index (χ0) is 10.6. The molecule has 0 heterocycles. The van der Waals surface area contributed by atoms with Gasteiger partial charge in [0.1, 0.15) is 0 Å². The van der Waals surface area contributed by atoms with E-state index in [1.807, 2.05) is 0 Å². The van der Waals surface area contributed by atoms with Crippen molar-refractivity contribution in [1.29, 1.82) is 0 Å². The largest absolute Gasteiger partial charge is 0.481 e. The topological polar surface area (TPSA) is 37.3 Å². The third kappa shape index (κ3) is 16.7. The van der Waals surface area contributed by atoms with Gasteiger partial charge in [0, 0.05) is 25.9 Å². The molecular weight excluding hydrogens is 242 g/mol. The summed E-state index contributed by atoms with van der Waals surface area (Å²) < 4.78 is 0. The fraction of sp³-hybridized carbons (Fsp3) is 0.917. The molecule has 0 saturated heterocycles. The predicted octanol–water partition coefficient (Wildman–Crippen LogP) is 3.99. The van der Waals surface area contributed by atoms with Gasteiger partial charge in [-0.2, -0.15) is 0 Å². The van der Waals surface area contributed by atoms with Crippen LogP contribution in [0.25, 0.3) is 0 Å². The fourth-order valence-electron chi connectivity index (χ4n) is 1.59. The fourth-order valence-corrected chi connectivity index (χ4v) is 1.59. The van der Waals surface area contributed by atoms with E-state index < -0.39 is 5.97 Å². The van der Waals surface area contributed by atoms with Crippen LogP contribution in [0.5, 0.6) is 0 Å². The second-order valence-electron chi connectivity index (χ2n) is 3.97. The van der Waals surface area contributed by atoms with Crippen molar-refractivity contribution in [3.63, 3.8) is 0 Å². The van der Waals surface area contributed by atoms with Crippen LogP contribution in [0.2, 0.25) is 0 Å². The minimum atomic E-state index is -0.659. The molecule has 0 aromatic carbocycles. The SMILES string of the molecule is CCCCCCCCCCCC(=O)O.[Zn]. The van der Waals surface area contributed by atoms with Gasteiger partial charge < -0.3 is 5.11 Å². The number of hydrogen-bond acceptors (Lipinski definition) is 1. The number of unbranched alkanes of at least 4 members (excludes halogenated alkanes) is 8. The Morgan fingerprint density at radius 2 is 1.27 bits per heavy atom. The smallest absolute Gasteiger partial charge is 0.303 e. The average molecular weight is 266 g/mol. The second kappa shape index (κ2) is 14.1. The van der Waals surface area contributed by atoms with E-state index in [2.05, 4.69) is 6.92 Å². The van der Waals surface area contributed by atoms with Crippen molar-refractivity contribution < 1.29 is 29.4 Å². The molecule has 0 bridgehead atoms. The van der Waals surface area contributed by atoms with Crippen molar-refractivity contribution in [2.75, 3.05) is 0 Å². The first kappa shape index (κ1) is 17.5. The number of aliphatic carboxylic acids is 1. The summed E-state index contributed by atoms with van der Waals surface area (Å²) in [7, 11) is 0. The van der Waals surface area contributed by atoms with Crippen LogP contribution in [0.15, 0.2) is 0 Å². The van der Waals surface area contributed by atoms with E-state index >= 15 is 0 Å². The molecule has 0 atom stereocenters. The van der Waals surface area contributed by atoms with Crippen molar-refractivity contribution in [2.45, 2.75) is 71.1 Å². The average Bonchev–Trinajstić information content (AvgIpc) is 2.15. The van der Waals surface area contributed by atoms with Crippen LogP contribution in [-0.2, 0) is 24.3 Å². The molecule has 0 aliphatic carbocycles. The summed E-state index contributed by atoms with van der Waals surface area (Å²) in [4.78, 5) is 10.2. The Morgan fingerprint density at radius 3 is 1.67 bits per heavy atom. The van der Waals surface area contributed by atoms with Gasteiger partial charge in [-0.3, -0.25) is 4.79 Å². The van der Waals surface area contributed by atoms with Crippen LogP contribution in [0.3, 0.4) is 0 Å². The van der Waals surface area contributed by atoms with E-state index in [4.69, 9.17) is 5.11 Å². The van der Waals surface area contributed by atoms with Gasteiger partial charge in [-0.05, 0) is 6.42 Å². The Labute approximate surface area is 107 Å². The minimum absolute atomic E-state index is 0. The molecular formula is C12H24O2Zn. The summed E-state index contributed by atoms with van der Waals surface area (Å²) in [5.74, 6) is -0.659. The van der Waals surface area contributed by atoms with Crippen LogP contribution in [0.4, 0.5) is 0 Å². The first-order valence-electron chi connectivity index (χ1n) is 5.99. The van der Waals surface area contributed by atoms with Gasteiger partial charge in [-0.1, -0.05) is 58.3 Å². The Morgan fingerprint density at radius 1 is 0.867 bits per heavy atom. The van der Waals surface area contributed by atoms with E-state index in [1.54, 1.807) is 0 Å². The van der Waals surface area contributed by atoms with Crippen molar-refractivity contribution >= 4 is 5.97 Å². The molecule has 0 aliphatic heterocycles. The third-order valence-electron chi connectivity index (χ3n) is 2.49. The molecule has 0 fully saturated rings. The van der Waals surface area contributed by atoms with E-state index in [9.17, 15) is 4.79 Å². The molecule has 0 amide bonds. The van der Waals surface area contributed by atoms with Crippen LogP contribution in [0, 0.1) is 0 Å². The van der Waals surface area contributed by atoms with Gasteiger partial charge in [-0.15, -0.1) is 0 Å². The van der Waals surface area contributed by atoms with Crippen LogP contribution < -0.4 is 0 Å². The van der Waals surface area contributed by atoms with E-state index in [0.29, 0.717) is 6.42 Å². The molecule has 1 N–H and O–H groups in total. The number of carbonyl (C=O) groups is 1. The molecule has 0 spiro atoms. The normalized spacial score (nSPS) is 9.67. The van der Waals surface area contributed by atoms with Crippen molar-refractivity contribution in [2.24, 2.45) is 0 Å². The molecule has 3 heteroatoms. The summed E-state index contributed by atoms with van der Waals surface area (Å²) >= 11 is 0. The number of hydrogen-bond donors (Lipinski definition) is 1. The summed E-state index contributed by atoms with van der Waals surface area (Å²) in [6, 6.07) is 0. The maximum absolute atomic E-state index is 10.2. The van der Waals surface area contributed by atoms with Crippen molar-refractivity contribution in [1.82, 2.24) is 0 Å². The molecule has 86 valence electrons. The van der Waals surface area contributed by atoms with Gasteiger partial charge in [-0.25, -0.2) is 0 Å². The molecule has 0 aromatic rings. The first-order valence-corrected chi connectivity index (χ1v) is 5.99. The first-order chi connectivity index (χ1) is 6.77. The molecule has 0 rings (SSSR count). The molecule has 0 unspecified atom stereocenters. The maximum atomic E-state index is 10.2. The Hall–Kier alpha value is 0.0934. The zero-order valence-corrected chi connectivity index (χ0v) is 13.1. The molecule has 0 aromatic heterocycles. The van der Waals surface area contributed by atoms with Gasteiger partial charge in [0.05, 0.1) is 0 Å². The third-order valence-corrected chi connectivity index (χ3v) is 2.49. The quantitative estimate of drug-likeness (QED) is 0.479. The predicted molar refractivity (Wildman–Crippen MR) is 59.5 cm³/mol. The number of carboxylic acid groups (broad SMARTS) is 1. The van der Waals surface area contributed by atoms with E-state index in [-0.39, 0.29) is 19.5 Å². The number of rotatable bonds is 10. The summed E-state index contributed by atoms with van der Waals surface area (Å²) in [5, 5.41) is 8.41. The zero-order valence-electron chi connectivity index (χ0n) is 10.1. The maximum Gasteiger partial charge on any atom is 0.303 e. The summed E-state index contributed by atoms with van der Waals surface area (Å²) in [5.41, 5.74) is 0. The molecule has 0 aliphatic rings. The van der Waals surface area contributed by atoms with Gasteiger partial charge >= 0.3 is 5.97 Å². The molecule has 2 nitrogen and oxygen atoms in total. The van der Waals surface area contributed by atoms with Gasteiger partial charge in [0.15, 0.2) is 0 Å². The summed E-state index contributed by atoms with van der Waals surface area (Å²) in [6.45, 7) is 2.23. The van der Waals surface area contributed by atoms with Crippen LogP contribution >= 0.6 is 0 Å². The molecule has 0 saturated carbocycles. The van der Waals surface area contributed by atoms with Crippen LogP contribution in [-0.4, -0.2) is 11.1 Å². The second-order valence-corrected chi connectivity index (χ2v) is 3.97.